The van der Waals surface area contributed by atoms with Crippen LogP contribution < -0.4 is 4.90 Å². The summed E-state index contributed by atoms with van der Waals surface area (Å²) in [5.41, 5.74) is 0.910. The lowest BCUT2D eigenvalue weighted by Gasteiger charge is -2.38. The second kappa shape index (κ2) is 4.73. The first-order valence-corrected chi connectivity index (χ1v) is 6.04. The number of carbonyl (C=O) groups is 1. The van der Waals surface area contributed by atoms with E-state index in [2.05, 4.69) is 23.7 Å². The molecule has 0 aliphatic carbocycles. The van der Waals surface area contributed by atoms with Gasteiger partial charge in [0.05, 0.1) is 5.69 Å². The molecule has 2 heterocycles. The lowest BCUT2D eigenvalue weighted by molar-refractivity contribution is 0.0691. The van der Waals surface area contributed by atoms with Crippen LogP contribution in [0.3, 0.4) is 0 Å². The molecular weight excluding hydrogens is 216 g/mol. The first kappa shape index (κ1) is 11.9. The van der Waals surface area contributed by atoms with Crippen LogP contribution in [0.2, 0.25) is 0 Å². The number of carboxylic acids is 1. The molecule has 1 aliphatic rings. The summed E-state index contributed by atoms with van der Waals surface area (Å²) in [4.78, 5) is 17.3. The van der Waals surface area contributed by atoms with Gasteiger partial charge in [-0.3, -0.25) is 0 Å². The minimum absolute atomic E-state index is 0.161. The second-order valence-corrected chi connectivity index (χ2v) is 4.85. The van der Waals surface area contributed by atoms with Gasteiger partial charge in [0.15, 0.2) is 5.69 Å². The Morgan fingerprint density at radius 1 is 1.53 bits per heavy atom. The normalized spacial score (nSPS) is 24.7. The fraction of sp³-hybridized carbons (Fsp3) is 0.538. The van der Waals surface area contributed by atoms with Gasteiger partial charge in [0.1, 0.15) is 0 Å². The third-order valence-corrected chi connectivity index (χ3v) is 3.44. The highest BCUT2D eigenvalue weighted by atomic mass is 16.4. The van der Waals surface area contributed by atoms with E-state index in [0.29, 0.717) is 12.0 Å². The van der Waals surface area contributed by atoms with Gasteiger partial charge in [0.25, 0.3) is 0 Å². The van der Waals surface area contributed by atoms with Crippen molar-refractivity contribution in [2.75, 3.05) is 11.4 Å². The van der Waals surface area contributed by atoms with Crippen LogP contribution >= 0.6 is 0 Å². The SMILES string of the molecule is CC1CCN(c2cccnc2C(=O)O)C(C)C1. The van der Waals surface area contributed by atoms with Crippen molar-refractivity contribution in [2.45, 2.75) is 32.7 Å². The molecule has 0 radical (unpaired) electrons. The number of hydrogen-bond donors (Lipinski definition) is 1. The Bertz CT molecular complexity index is 420. The van der Waals surface area contributed by atoms with Gasteiger partial charge in [-0.1, -0.05) is 6.92 Å². The summed E-state index contributed by atoms with van der Waals surface area (Å²) >= 11 is 0. The second-order valence-electron chi connectivity index (χ2n) is 4.85. The molecule has 92 valence electrons. The number of aromatic nitrogens is 1. The number of aromatic carboxylic acids is 1. The van der Waals surface area contributed by atoms with E-state index in [1.807, 2.05) is 6.07 Å². The van der Waals surface area contributed by atoms with E-state index < -0.39 is 5.97 Å². The van der Waals surface area contributed by atoms with Gasteiger partial charge < -0.3 is 10.0 Å². The fourth-order valence-corrected chi connectivity index (χ4v) is 2.56. The Labute approximate surface area is 101 Å². The number of anilines is 1. The monoisotopic (exact) mass is 234 g/mol. The largest absolute Gasteiger partial charge is 0.476 e. The molecule has 1 fully saturated rings. The van der Waals surface area contributed by atoms with Crippen LogP contribution in [-0.2, 0) is 0 Å². The minimum Gasteiger partial charge on any atom is -0.476 e. The average Bonchev–Trinajstić information content (AvgIpc) is 2.29. The van der Waals surface area contributed by atoms with Crippen molar-refractivity contribution in [3.63, 3.8) is 0 Å². The number of pyridine rings is 1. The molecule has 1 aromatic heterocycles. The Kier molecular flexibility index (Phi) is 3.31. The van der Waals surface area contributed by atoms with Gasteiger partial charge in [-0.05, 0) is 37.8 Å². The third kappa shape index (κ3) is 2.40. The highest BCUT2D eigenvalue weighted by Crippen LogP contribution is 2.29. The zero-order valence-corrected chi connectivity index (χ0v) is 10.3. The van der Waals surface area contributed by atoms with Crippen LogP contribution in [0.15, 0.2) is 18.3 Å². The Morgan fingerprint density at radius 3 is 2.94 bits per heavy atom. The maximum Gasteiger partial charge on any atom is 0.356 e. The number of rotatable bonds is 2. The van der Waals surface area contributed by atoms with Gasteiger partial charge in [0, 0.05) is 18.8 Å². The first-order valence-electron chi connectivity index (χ1n) is 6.04. The van der Waals surface area contributed by atoms with Gasteiger partial charge in [-0.2, -0.15) is 0 Å². The number of hydrogen-bond acceptors (Lipinski definition) is 3. The van der Waals surface area contributed by atoms with E-state index in [4.69, 9.17) is 5.11 Å². The lowest BCUT2D eigenvalue weighted by atomic mass is 9.93. The standard InChI is InChI=1S/C13H18N2O2/c1-9-5-7-15(10(2)8-9)11-4-3-6-14-12(11)13(16)17/h3-4,6,9-10H,5,7-8H2,1-2H3,(H,16,17). The molecule has 0 aromatic carbocycles. The van der Waals surface area contributed by atoms with Crippen molar-refractivity contribution < 1.29 is 9.90 Å². The fourth-order valence-electron chi connectivity index (χ4n) is 2.56. The molecular formula is C13H18N2O2. The zero-order valence-electron chi connectivity index (χ0n) is 10.3. The van der Waals surface area contributed by atoms with Gasteiger partial charge in [-0.25, -0.2) is 9.78 Å². The molecule has 17 heavy (non-hydrogen) atoms. The van der Waals surface area contributed by atoms with E-state index in [9.17, 15) is 4.79 Å². The van der Waals surface area contributed by atoms with E-state index in [1.54, 1.807) is 6.07 Å². The van der Waals surface area contributed by atoms with Gasteiger partial charge in [0.2, 0.25) is 0 Å². The van der Waals surface area contributed by atoms with Crippen molar-refractivity contribution >= 4 is 11.7 Å². The maximum atomic E-state index is 11.1. The predicted molar refractivity (Wildman–Crippen MR) is 66.4 cm³/mol. The van der Waals surface area contributed by atoms with Crippen molar-refractivity contribution in [1.29, 1.82) is 0 Å². The molecule has 0 amide bonds. The smallest absolute Gasteiger partial charge is 0.356 e. The highest BCUT2D eigenvalue weighted by Gasteiger charge is 2.26. The summed E-state index contributed by atoms with van der Waals surface area (Å²) in [7, 11) is 0. The van der Waals surface area contributed by atoms with Crippen LogP contribution in [0, 0.1) is 5.92 Å². The van der Waals surface area contributed by atoms with E-state index in [1.165, 1.54) is 6.20 Å². The zero-order chi connectivity index (χ0) is 12.4. The predicted octanol–water partition coefficient (Wildman–Crippen LogP) is 2.40. The van der Waals surface area contributed by atoms with E-state index >= 15 is 0 Å². The molecule has 2 unspecified atom stereocenters. The molecule has 4 nitrogen and oxygen atoms in total. The number of piperidine rings is 1. The van der Waals surface area contributed by atoms with Crippen molar-refractivity contribution in [1.82, 2.24) is 4.98 Å². The molecule has 2 atom stereocenters. The maximum absolute atomic E-state index is 11.1. The van der Waals surface area contributed by atoms with Crippen molar-refractivity contribution in [2.24, 2.45) is 5.92 Å². The summed E-state index contributed by atoms with van der Waals surface area (Å²) in [5.74, 6) is -0.238. The summed E-state index contributed by atoms with van der Waals surface area (Å²) < 4.78 is 0. The molecule has 0 bridgehead atoms. The summed E-state index contributed by atoms with van der Waals surface area (Å²) in [6.07, 6.45) is 3.75. The summed E-state index contributed by atoms with van der Waals surface area (Å²) in [5, 5.41) is 9.15. The molecule has 1 N–H and O–H groups in total. The minimum atomic E-state index is -0.952. The Morgan fingerprint density at radius 2 is 2.29 bits per heavy atom. The summed E-state index contributed by atoms with van der Waals surface area (Å²) in [6, 6.07) is 4.02. The van der Waals surface area contributed by atoms with Crippen LogP contribution in [0.1, 0.15) is 37.2 Å². The third-order valence-electron chi connectivity index (χ3n) is 3.44. The number of nitrogens with zero attached hydrogens (tertiary/aromatic N) is 2. The quantitative estimate of drug-likeness (QED) is 0.853. The molecule has 0 spiro atoms. The molecule has 1 aliphatic heterocycles. The van der Waals surface area contributed by atoms with Crippen LogP contribution in [0.25, 0.3) is 0 Å². The summed E-state index contributed by atoms with van der Waals surface area (Å²) in [6.45, 7) is 5.30. The van der Waals surface area contributed by atoms with Crippen LogP contribution in [-0.4, -0.2) is 28.6 Å². The molecule has 1 aromatic rings. The average molecular weight is 234 g/mol. The van der Waals surface area contributed by atoms with Crippen molar-refractivity contribution in [3.05, 3.63) is 24.0 Å². The molecule has 2 rings (SSSR count). The lowest BCUT2D eigenvalue weighted by Crippen LogP contribution is -2.41. The number of carboxylic acid groups (broad SMARTS) is 1. The van der Waals surface area contributed by atoms with Crippen molar-refractivity contribution in [3.8, 4) is 0 Å². The van der Waals surface area contributed by atoms with Gasteiger partial charge in [-0.15, -0.1) is 0 Å². The topological polar surface area (TPSA) is 53.4 Å². The highest BCUT2D eigenvalue weighted by molar-refractivity contribution is 5.92. The Balaban J connectivity index is 2.30. The van der Waals surface area contributed by atoms with E-state index in [0.717, 1.165) is 25.1 Å². The first-order chi connectivity index (χ1) is 8.09. The van der Waals surface area contributed by atoms with Crippen LogP contribution in [0.5, 0.6) is 0 Å². The Hall–Kier alpha value is -1.58. The molecule has 0 saturated carbocycles. The van der Waals surface area contributed by atoms with Gasteiger partial charge >= 0.3 is 5.97 Å². The molecule has 4 heteroatoms. The van der Waals surface area contributed by atoms with Crippen LogP contribution in [0.4, 0.5) is 5.69 Å². The molecule has 1 saturated heterocycles. The van der Waals surface area contributed by atoms with E-state index in [-0.39, 0.29) is 5.69 Å².